The van der Waals surface area contributed by atoms with Gasteiger partial charge in [-0.2, -0.15) is 5.26 Å². The summed E-state index contributed by atoms with van der Waals surface area (Å²) in [5.74, 6) is 1.12. The number of hydrogen-bond donors (Lipinski definition) is 0. The van der Waals surface area contributed by atoms with Crippen LogP contribution >= 0.6 is 0 Å². The van der Waals surface area contributed by atoms with Gasteiger partial charge in [-0.25, -0.2) is 0 Å². The molecule has 0 aromatic heterocycles. The third kappa shape index (κ3) is 3.53. The van der Waals surface area contributed by atoms with Gasteiger partial charge in [-0.05, 0) is 48.0 Å². The van der Waals surface area contributed by atoms with Gasteiger partial charge in [-0.15, -0.1) is 0 Å². The molecule has 0 saturated heterocycles. The van der Waals surface area contributed by atoms with Crippen molar-refractivity contribution in [3.63, 3.8) is 0 Å². The van der Waals surface area contributed by atoms with E-state index < -0.39 is 0 Å². The van der Waals surface area contributed by atoms with Crippen LogP contribution in [0.2, 0.25) is 0 Å². The molecule has 4 heteroatoms. The van der Waals surface area contributed by atoms with Crippen LogP contribution in [-0.2, 0) is 0 Å². The maximum atomic E-state index is 12.1. The maximum absolute atomic E-state index is 12.1. The first-order valence-electron chi connectivity index (χ1n) is 6.62. The molecule has 4 nitrogen and oxygen atoms in total. The standard InChI is InChI=1S/C18H15NO3/c1-21-17-10-6-13(11-18(17)22-2)5-9-16(20)15-7-3-14(12-19)4-8-15/h3-11H,1-2H3/b9-5+. The fraction of sp³-hybridized carbons (Fsp3) is 0.111. The molecule has 0 amide bonds. The predicted octanol–water partition coefficient (Wildman–Crippen LogP) is 3.47. The Hall–Kier alpha value is -3.06. The van der Waals surface area contributed by atoms with Gasteiger partial charge >= 0.3 is 0 Å². The smallest absolute Gasteiger partial charge is 0.185 e. The summed E-state index contributed by atoms with van der Waals surface area (Å²) in [6.45, 7) is 0. The maximum Gasteiger partial charge on any atom is 0.185 e. The molecule has 0 bridgehead atoms. The molecule has 0 N–H and O–H groups in total. The zero-order valence-electron chi connectivity index (χ0n) is 12.4. The van der Waals surface area contributed by atoms with Crippen molar-refractivity contribution in [3.8, 4) is 17.6 Å². The number of hydrogen-bond acceptors (Lipinski definition) is 4. The molecule has 0 atom stereocenters. The van der Waals surface area contributed by atoms with E-state index in [1.807, 2.05) is 12.1 Å². The lowest BCUT2D eigenvalue weighted by Gasteiger charge is -2.07. The summed E-state index contributed by atoms with van der Waals surface area (Å²) in [6.07, 6.45) is 3.20. The van der Waals surface area contributed by atoms with Gasteiger partial charge in [-0.1, -0.05) is 12.1 Å². The number of carbonyl (C=O) groups is 1. The van der Waals surface area contributed by atoms with Crippen molar-refractivity contribution >= 4 is 11.9 Å². The number of benzene rings is 2. The molecule has 0 spiro atoms. The van der Waals surface area contributed by atoms with E-state index in [-0.39, 0.29) is 5.78 Å². The molecule has 0 radical (unpaired) electrons. The predicted molar refractivity (Wildman–Crippen MR) is 84.1 cm³/mol. The van der Waals surface area contributed by atoms with E-state index in [0.29, 0.717) is 22.6 Å². The summed E-state index contributed by atoms with van der Waals surface area (Å²) in [5.41, 5.74) is 1.90. The molecule has 0 aliphatic heterocycles. The monoisotopic (exact) mass is 293 g/mol. The SMILES string of the molecule is COc1ccc(/C=C/C(=O)c2ccc(C#N)cc2)cc1OC. The van der Waals surface area contributed by atoms with Crippen molar-refractivity contribution in [2.24, 2.45) is 0 Å². The minimum absolute atomic E-state index is 0.126. The molecular formula is C18H15NO3. The fourth-order valence-corrected chi connectivity index (χ4v) is 1.93. The Morgan fingerprint density at radius 1 is 1.05 bits per heavy atom. The van der Waals surface area contributed by atoms with Crippen LogP contribution in [0, 0.1) is 11.3 Å². The second kappa shape index (κ2) is 7.09. The fourth-order valence-electron chi connectivity index (χ4n) is 1.93. The third-order valence-corrected chi connectivity index (χ3v) is 3.13. The highest BCUT2D eigenvalue weighted by atomic mass is 16.5. The lowest BCUT2D eigenvalue weighted by atomic mass is 10.1. The Morgan fingerprint density at radius 3 is 2.32 bits per heavy atom. The third-order valence-electron chi connectivity index (χ3n) is 3.13. The van der Waals surface area contributed by atoms with Crippen LogP contribution in [-0.4, -0.2) is 20.0 Å². The average Bonchev–Trinajstić information content (AvgIpc) is 2.59. The summed E-state index contributed by atoms with van der Waals surface area (Å²) in [4.78, 5) is 12.1. The number of ketones is 1. The summed E-state index contributed by atoms with van der Waals surface area (Å²) in [7, 11) is 3.13. The van der Waals surface area contributed by atoms with Crippen molar-refractivity contribution in [1.29, 1.82) is 5.26 Å². The van der Waals surface area contributed by atoms with E-state index in [2.05, 4.69) is 0 Å². The first-order chi connectivity index (χ1) is 10.7. The van der Waals surface area contributed by atoms with Crippen molar-refractivity contribution in [3.05, 3.63) is 65.2 Å². The minimum Gasteiger partial charge on any atom is -0.493 e. The largest absolute Gasteiger partial charge is 0.493 e. The number of nitriles is 1. The van der Waals surface area contributed by atoms with E-state index in [0.717, 1.165) is 5.56 Å². The van der Waals surface area contributed by atoms with E-state index >= 15 is 0 Å². The van der Waals surface area contributed by atoms with E-state index in [1.165, 1.54) is 6.08 Å². The molecule has 0 aliphatic rings. The summed E-state index contributed by atoms with van der Waals surface area (Å²) < 4.78 is 10.4. The van der Waals surface area contributed by atoms with Crippen molar-refractivity contribution in [2.45, 2.75) is 0 Å². The lowest BCUT2D eigenvalue weighted by molar-refractivity contribution is 0.104. The Balaban J connectivity index is 2.17. The molecule has 0 aliphatic carbocycles. The number of allylic oxidation sites excluding steroid dienone is 1. The minimum atomic E-state index is -0.126. The van der Waals surface area contributed by atoms with Gasteiger partial charge in [0.1, 0.15) is 0 Å². The normalized spacial score (nSPS) is 10.2. The van der Waals surface area contributed by atoms with Crippen LogP contribution in [0.25, 0.3) is 6.08 Å². The molecule has 22 heavy (non-hydrogen) atoms. The molecular weight excluding hydrogens is 278 g/mol. The van der Waals surface area contributed by atoms with Crippen LogP contribution in [0.3, 0.4) is 0 Å². The first kappa shape index (κ1) is 15.3. The van der Waals surface area contributed by atoms with Crippen LogP contribution in [0.5, 0.6) is 11.5 Å². The number of methoxy groups -OCH3 is 2. The highest BCUT2D eigenvalue weighted by molar-refractivity contribution is 6.06. The van der Waals surface area contributed by atoms with Crippen LogP contribution in [0.1, 0.15) is 21.5 Å². The summed E-state index contributed by atoms with van der Waals surface area (Å²) in [5, 5.41) is 8.74. The molecule has 2 aromatic carbocycles. The highest BCUT2D eigenvalue weighted by Gasteiger charge is 2.04. The van der Waals surface area contributed by atoms with E-state index in [9.17, 15) is 4.79 Å². The second-order valence-corrected chi connectivity index (χ2v) is 4.50. The number of carbonyl (C=O) groups excluding carboxylic acids is 1. The van der Waals surface area contributed by atoms with Crippen molar-refractivity contribution < 1.29 is 14.3 Å². The topological polar surface area (TPSA) is 59.3 Å². The Kier molecular flexibility index (Phi) is 4.94. The van der Waals surface area contributed by atoms with E-state index in [4.69, 9.17) is 14.7 Å². The van der Waals surface area contributed by atoms with Crippen molar-refractivity contribution in [1.82, 2.24) is 0 Å². The van der Waals surface area contributed by atoms with Gasteiger partial charge in [-0.3, -0.25) is 4.79 Å². The zero-order chi connectivity index (χ0) is 15.9. The first-order valence-corrected chi connectivity index (χ1v) is 6.62. The Bertz CT molecular complexity index is 740. The van der Waals surface area contributed by atoms with Crippen LogP contribution < -0.4 is 9.47 Å². The molecule has 2 aromatic rings. The average molecular weight is 293 g/mol. The van der Waals surface area contributed by atoms with Gasteiger partial charge in [0.25, 0.3) is 0 Å². The zero-order valence-corrected chi connectivity index (χ0v) is 12.4. The second-order valence-electron chi connectivity index (χ2n) is 4.50. The van der Waals surface area contributed by atoms with Crippen molar-refractivity contribution in [2.75, 3.05) is 14.2 Å². The number of ether oxygens (including phenoxy) is 2. The van der Waals surface area contributed by atoms with Gasteiger partial charge in [0, 0.05) is 5.56 Å². The quantitative estimate of drug-likeness (QED) is 0.625. The summed E-state index contributed by atoms with van der Waals surface area (Å²) >= 11 is 0. The Labute approximate surface area is 129 Å². The van der Waals surface area contributed by atoms with Gasteiger partial charge in [0.05, 0.1) is 25.9 Å². The molecule has 2 rings (SSSR count). The highest BCUT2D eigenvalue weighted by Crippen LogP contribution is 2.28. The molecule has 0 saturated carbocycles. The van der Waals surface area contributed by atoms with Gasteiger partial charge < -0.3 is 9.47 Å². The molecule has 0 heterocycles. The van der Waals surface area contributed by atoms with Crippen LogP contribution in [0.4, 0.5) is 0 Å². The van der Waals surface area contributed by atoms with E-state index in [1.54, 1.807) is 56.7 Å². The lowest BCUT2D eigenvalue weighted by Crippen LogP contribution is -1.94. The molecule has 110 valence electrons. The number of rotatable bonds is 5. The summed E-state index contributed by atoms with van der Waals surface area (Å²) in [6, 6.07) is 14.0. The van der Waals surface area contributed by atoms with Gasteiger partial charge in [0.15, 0.2) is 17.3 Å². The number of nitrogens with zero attached hydrogens (tertiary/aromatic N) is 1. The Morgan fingerprint density at radius 2 is 1.73 bits per heavy atom. The molecule has 0 unspecified atom stereocenters. The van der Waals surface area contributed by atoms with Crippen LogP contribution in [0.15, 0.2) is 48.5 Å². The molecule has 0 fully saturated rings. The van der Waals surface area contributed by atoms with Gasteiger partial charge in [0.2, 0.25) is 0 Å².